The van der Waals surface area contributed by atoms with E-state index in [0.29, 0.717) is 30.9 Å². The summed E-state index contributed by atoms with van der Waals surface area (Å²) >= 11 is 0. The highest BCUT2D eigenvalue weighted by Crippen LogP contribution is 2.21. The molecule has 1 saturated heterocycles. The summed E-state index contributed by atoms with van der Waals surface area (Å²) in [4.78, 5) is 24.8. The molecule has 1 aliphatic rings. The number of morpholine rings is 1. The van der Waals surface area contributed by atoms with Gasteiger partial charge in [-0.05, 0) is 36.8 Å². The molecule has 0 spiro atoms. The number of carbonyl (C=O) groups excluding carboxylic acids is 2. The molecule has 0 saturated carbocycles. The smallest absolute Gasteiger partial charge is 0.256 e. The lowest BCUT2D eigenvalue weighted by atomic mass is 10.1. The largest absolute Gasteiger partial charge is 0.378 e. The van der Waals surface area contributed by atoms with Gasteiger partial charge in [0.2, 0.25) is 5.91 Å². The maximum absolute atomic E-state index is 12.5. The third kappa shape index (κ3) is 5.79. The maximum Gasteiger partial charge on any atom is 0.256 e. The molecule has 1 unspecified atom stereocenters. The second kappa shape index (κ2) is 10.1. The minimum absolute atomic E-state index is 0. The SMILES string of the molecule is Cc1c(NC(=O)CC2COCCN2)cccc1C(=O)Nc1ccccc1.Cl. The molecule has 0 radical (unpaired) electrons. The summed E-state index contributed by atoms with van der Waals surface area (Å²) in [6, 6.07) is 14.6. The first-order chi connectivity index (χ1) is 12.6. The summed E-state index contributed by atoms with van der Waals surface area (Å²) in [6.45, 7) is 3.80. The molecule has 2 aromatic carbocycles. The standard InChI is InChI=1S/C20H23N3O3.ClH/c1-14-17(20(25)22-15-6-3-2-4-7-15)8-5-9-18(14)23-19(24)12-16-13-26-11-10-21-16;/h2-9,16,21H,10-13H2,1H3,(H,22,25)(H,23,24);1H. The predicted molar refractivity (Wildman–Crippen MR) is 109 cm³/mol. The van der Waals surface area contributed by atoms with Gasteiger partial charge in [0.1, 0.15) is 0 Å². The van der Waals surface area contributed by atoms with Crippen molar-refractivity contribution in [2.45, 2.75) is 19.4 Å². The Morgan fingerprint density at radius 3 is 2.59 bits per heavy atom. The highest BCUT2D eigenvalue weighted by molar-refractivity contribution is 6.06. The zero-order valence-electron chi connectivity index (χ0n) is 15.2. The third-order valence-corrected chi connectivity index (χ3v) is 4.31. The van der Waals surface area contributed by atoms with Crippen molar-refractivity contribution in [3.05, 3.63) is 59.7 Å². The Morgan fingerprint density at radius 2 is 1.89 bits per heavy atom. The number of anilines is 2. The number of nitrogens with one attached hydrogen (secondary N) is 3. The summed E-state index contributed by atoms with van der Waals surface area (Å²) in [6.07, 6.45) is 0.333. The lowest BCUT2D eigenvalue weighted by Crippen LogP contribution is -2.43. The van der Waals surface area contributed by atoms with Crippen molar-refractivity contribution in [3.63, 3.8) is 0 Å². The number of para-hydroxylation sites is 1. The molecule has 0 aliphatic carbocycles. The van der Waals surface area contributed by atoms with Gasteiger partial charge in [0.15, 0.2) is 0 Å². The van der Waals surface area contributed by atoms with E-state index in [-0.39, 0.29) is 30.3 Å². The fourth-order valence-electron chi connectivity index (χ4n) is 2.91. The van der Waals surface area contributed by atoms with Crippen LogP contribution in [0.3, 0.4) is 0 Å². The Bertz CT molecular complexity index is 777. The number of halogens is 1. The molecule has 3 N–H and O–H groups in total. The Labute approximate surface area is 165 Å². The van der Waals surface area contributed by atoms with Crippen LogP contribution in [0.5, 0.6) is 0 Å². The number of rotatable bonds is 5. The normalized spacial score (nSPS) is 16.1. The number of hydrogen-bond donors (Lipinski definition) is 3. The van der Waals surface area contributed by atoms with Gasteiger partial charge in [-0.15, -0.1) is 12.4 Å². The number of ether oxygens (including phenoxy) is 1. The van der Waals surface area contributed by atoms with Gasteiger partial charge in [0.25, 0.3) is 5.91 Å². The zero-order valence-corrected chi connectivity index (χ0v) is 16.0. The van der Waals surface area contributed by atoms with Gasteiger partial charge < -0.3 is 20.7 Å². The monoisotopic (exact) mass is 389 g/mol. The van der Waals surface area contributed by atoms with Crippen LogP contribution in [-0.2, 0) is 9.53 Å². The van der Waals surface area contributed by atoms with Crippen LogP contribution in [0.2, 0.25) is 0 Å². The molecule has 2 amide bonds. The van der Waals surface area contributed by atoms with Gasteiger partial charge in [-0.3, -0.25) is 9.59 Å². The summed E-state index contributed by atoms with van der Waals surface area (Å²) < 4.78 is 5.37. The first-order valence-corrected chi connectivity index (χ1v) is 8.70. The highest BCUT2D eigenvalue weighted by atomic mass is 35.5. The van der Waals surface area contributed by atoms with Crippen molar-refractivity contribution in [3.8, 4) is 0 Å². The minimum Gasteiger partial charge on any atom is -0.378 e. The van der Waals surface area contributed by atoms with E-state index in [0.717, 1.165) is 17.8 Å². The fourth-order valence-corrected chi connectivity index (χ4v) is 2.91. The molecule has 0 aromatic heterocycles. The van der Waals surface area contributed by atoms with Crippen LogP contribution in [-0.4, -0.2) is 37.6 Å². The number of benzene rings is 2. The number of amides is 2. The Morgan fingerprint density at radius 1 is 1.11 bits per heavy atom. The van der Waals surface area contributed by atoms with Gasteiger partial charge in [0, 0.05) is 35.9 Å². The van der Waals surface area contributed by atoms with Crippen molar-refractivity contribution in [1.29, 1.82) is 0 Å². The van der Waals surface area contributed by atoms with E-state index < -0.39 is 0 Å². The first-order valence-electron chi connectivity index (χ1n) is 8.70. The highest BCUT2D eigenvalue weighted by Gasteiger charge is 2.18. The van der Waals surface area contributed by atoms with Crippen LogP contribution < -0.4 is 16.0 Å². The summed E-state index contributed by atoms with van der Waals surface area (Å²) in [5, 5.41) is 9.03. The van der Waals surface area contributed by atoms with E-state index in [1.165, 1.54) is 0 Å². The van der Waals surface area contributed by atoms with E-state index in [4.69, 9.17) is 4.74 Å². The zero-order chi connectivity index (χ0) is 18.4. The van der Waals surface area contributed by atoms with Crippen LogP contribution in [0, 0.1) is 6.92 Å². The van der Waals surface area contributed by atoms with Gasteiger partial charge in [-0.2, -0.15) is 0 Å². The molecular formula is C20H24ClN3O3. The molecule has 6 nitrogen and oxygen atoms in total. The van der Waals surface area contributed by atoms with Crippen molar-refractivity contribution < 1.29 is 14.3 Å². The van der Waals surface area contributed by atoms with Crippen molar-refractivity contribution in [2.24, 2.45) is 0 Å². The van der Waals surface area contributed by atoms with Crippen LogP contribution in [0.25, 0.3) is 0 Å². The molecule has 1 atom stereocenters. The molecule has 27 heavy (non-hydrogen) atoms. The molecule has 1 fully saturated rings. The molecule has 2 aromatic rings. The topological polar surface area (TPSA) is 79.5 Å². The molecule has 0 bridgehead atoms. The van der Waals surface area contributed by atoms with Gasteiger partial charge in [-0.1, -0.05) is 24.3 Å². The summed E-state index contributed by atoms with van der Waals surface area (Å²) in [7, 11) is 0. The summed E-state index contributed by atoms with van der Waals surface area (Å²) in [5.41, 5.74) is 2.65. The summed E-state index contributed by atoms with van der Waals surface area (Å²) in [5.74, 6) is -0.302. The van der Waals surface area contributed by atoms with Crippen molar-refractivity contribution >= 4 is 35.6 Å². The van der Waals surface area contributed by atoms with Crippen LogP contribution >= 0.6 is 12.4 Å². The minimum atomic E-state index is -0.202. The third-order valence-electron chi connectivity index (χ3n) is 4.31. The van der Waals surface area contributed by atoms with E-state index in [1.54, 1.807) is 18.2 Å². The second-order valence-electron chi connectivity index (χ2n) is 6.28. The molecule has 1 aliphatic heterocycles. The van der Waals surface area contributed by atoms with E-state index in [1.807, 2.05) is 37.3 Å². The lowest BCUT2D eigenvalue weighted by Gasteiger charge is -2.23. The van der Waals surface area contributed by atoms with E-state index in [2.05, 4.69) is 16.0 Å². The number of carbonyl (C=O) groups is 2. The van der Waals surface area contributed by atoms with Crippen LogP contribution in [0.4, 0.5) is 11.4 Å². The Balaban J connectivity index is 0.00000261. The average Bonchev–Trinajstić information content (AvgIpc) is 2.65. The van der Waals surface area contributed by atoms with E-state index in [9.17, 15) is 9.59 Å². The molecule has 7 heteroatoms. The van der Waals surface area contributed by atoms with Crippen LogP contribution in [0.1, 0.15) is 22.3 Å². The Hall–Kier alpha value is -2.41. The average molecular weight is 390 g/mol. The molecular weight excluding hydrogens is 366 g/mol. The van der Waals surface area contributed by atoms with Gasteiger partial charge in [0.05, 0.1) is 13.2 Å². The lowest BCUT2D eigenvalue weighted by molar-refractivity contribution is -0.117. The molecule has 1 heterocycles. The quantitative estimate of drug-likeness (QED) is 0.734. The van der Waals surface area contributed by atoms with E-state index >= 15 is 0 Å². The first kappa shape index (κ1) is 20.9. The van der Waals surface area contributed by atoms with Crippen molar-refractivity contribution in [1.82, 2.24) is 5.32 Å². The predicted octanol–water partition coefficient (Wildman–Crippen LogP) is 2.99. The van der Waals surface area contributed by atoms with Crippen molar-refractivity contribution in [2.75, 3.05) is 30.4 Å². The number of hydrogen-bond acceptors (Lipinski definition) is 4. The van der Waals surface area contributed by atoms with Gasteiger partial charge >= 0.3 is 0 Å². The molecule has 144 valence electrons. The van der Waals surface area contributed by atoms with Crippen LogP contribution in [0.15, 0.2) is 48.5 Å². The van der Waals surface area contributed by atoms with Gasteiger partial charge in [-0.25, -0.2) is 0 Å². The maximum atomic E-state index is 12.5. The fraction of sp³-hybridized carbons (Fsp3) is 0.300. The Kier molecular flexibility index (Phi) is 7.79. The molecule has 3 rings (SSSR count). The second-order valence-corrected chi connectivity index (χ2v) is 6.28.